The second-order valence-electron chi connectivity index (χ2n) is 6.50. The van der Waals surface area contributed by atoms with E-state index in [4.69, 9.17) is 0 Å². The van der Waals surface area contributed by atoms with Crippen molar-refractivity contribution in [2.24, 2.45) is 11.0 Å². The molecule has 2 aromatic carbocycles. The van der Waals surface area contributed by atoms with Gasteiger partial charge in [0.2, 0.25) is 5.82 Å². The van der Waals surface area contributed by atoms with Crippen molar-refractivity contribution in [1.29, 1.82) is 0 Å². The molecule has 1 aromatic heterocycles. The molecule has 0 spiro atoms. The highest BCUT2D eigenvalue weighted by molar-refractivity contribution is 5.94. The lowest BCUT2D eigenvalue weighted by Gasteiger charge is -2.05. The van der Waals surface area contributed by atoms with Crippen LogP contribution in [0.5, 0.6) is 0 Å². The number of carbonyl (C=O) groups is 1. The Bertz CT molecular complexity index is 914. The normalized spacial score (nSPS) is 11.2. The third kappa shape index (κ3) is 5.09. The molecule has 0 fully saturated rings. The van der Waals surface area contributed by atoms with Crippen LogP contribution in [0, 0.1) is 5.92 Å². The molecule has 1 heterocycles. The second kappa shape index (κ2) is 9.55. The lowest BCUT2D eigenvalue weighted by molar-refractivity contribution is 0.0955. The van der Waals surface area contributed by atoms with E-state index in [2.05, 4.69) is 39.8 Å². The van der Waals surface area contributed by atoms with Crippen molar-refractivity contribution < 1.29 is 4.79 Å². The number of hydrogen-bond donors (Lipinski definition) is 1. The summed E-state index contributed by atoms with van der Waals surface area (Å²) in [6.45, 7) is 4.69. The minimum atomic E-state index is -0.223. The molecule has 0 aliphatic rings. The van der Waals surface area contributed by atoms with E-state index in [1.807, 2.05) is 42.5 Å². The molecule has 0 aliphatic carbocycles. The average Bonchev–Trinajstić information content (AvgIpc) is 3.21. The number of carbonyl (C=O) groups excluding carboxylic acids is 1. The van der Waals surface area contributed by atoms with Gasteiger partial charge in [-0.15, -0.1) is 10.2 Å². The fourth-order valence-corrected chi connectivity index (χ4v) is 2.70. The largest absolute Gasteiger partial charge is 0.271 e. The van der Waals surface area contributed by atoms with Crippen molar-refractivity contribution in [2.75, 3.05) is 0 Å². The molecule has 0 saturated heterocycles. The van der Waals surface area contributed by atoms with Crippen molar-refractivity contribution in [3.05, 3.63) is 65.7 Å². The molecule has 0 aliphatic heterocycles. The van der Waals surface area contributed by atoms with Gasteiger partial charge in [-0.3, -0.25) is 4.79 Å². The predicted molar refractivity (Wildman–Crippen MR) is 109 cm³/mol. The van der Waals surface area contributed by atoms with Crippen LogP contribution in [0.1, 0.15) is 42.6 Å². The maximum absolute atomic E-state index is 12.2. The maximum Gasteiger partial charge on any atom is 0.271 e. The van der Waals surface area contributed by atoms with E-state index >= 15 is 0 Å². The number of nitrogens with zero attached hydrogens (tertiary/aromatic N) is 5. The summed E-state index contributed by atoms with van der Waals surface area (Å²) >= 11 is 0. The van der Waals surface area contributed by atoms with Gasteiger partial charge in [0.25, 0.3) is 5.91 Å². The first-order chi connectivity index (χ1) is 13.7. The maximum atomic E-state index is 12.2. The summed E-state index contributed by atoms with van der Waals surface area (Å²) < 4.78 is 0. The Hall–Kier alpha value is -3.35. The summed E-state index contributed by atoms with van der Waals surface area (Å²) in [6.07, 6.45) is 3.81. The van der Waals surface area contributed by atoms with Crippen LogP contribution in [0.25, 0.3) is 11.4 Å². The number of benzene rings is 2. The second-order valence-corrected chi connectivity index (χ2v) is 6.50. The van der Waals surface area contributed by atoms with E-state index in [0.29, 0.717) is 23.9 Å². The zero-order valence-electron chi connectivity index (χ0n) is 16.1. The lowest BCUT2D eigenvalue weighted by Crippen LogP contribution is -2.18. The third-order valence-corrected chi connectivity index (χ3v) is 4.53. The van der Waals surface area contributed by atoms with E-state index in [1.54, 1.807) is 18.3 Å². The molecule has 3 aromatic rings. The monoisotopic (exact) mass is 376 g/mol. The molecule has 0 bridgehead atoms. The first-order valence-electron chi connectivity index (χ1n) is 9.45. The van der Waals surface area contributed by atoms with Crippen molar-refractivity contribution in [3.63, 3.8) is 0 Å². The fourth-order valence-electron chi connectivity index (χ4n) is 2.70. The molecule has 7 heteroatoms. The van der Waals surface area contributed by atoms with Gasteiger partial charge < -0.3 is 0 Å². The first-order valence-corrected chi connectivity index (χ1v) is 9.45. The van der Waals surface area contributed by atoms with Gasteiger partial charge in [0.15, 0.2) is 0 Å². The standard InChI is InChI=1S/C21H24N6O/c1-3-16(4-2)14-22-24-21(28)19-12-10-17(11-13-19)15-27-25-20(23-26-27)18-8-6-5-7-9-18/h5-14,16H,3-4,15H2,1-2H3,(H,24,28)/b22-14-. The van der Waals surface area contributed by atoms with Crippen LogP contribution in [0.2, 0.25) is 0 Å². The Kier molecular flexibility index (Phi) is 6.62. The van der Waals surface area contributed by atoms with E-state index < -0.39 is 0 Å². The molecule has 0 unspecified atom stereocenters. The number of tetrazole rings is 1. The van der Waals surface area contributed by atoms with Gasteiger partial charge in [-0.25, -0.2) is 5.43 Å². The van der Waals surface area contributed by atoms with E-state index in [1.165, 1.54) is 4.80 Å². The fraction of sp³-hybridized carbons (Fsp3) is 0.286. The molecule has 0 radical (unpaired) electrons. The molecular formula is C21H24N6O. The molecule has 0 atom stereocenters. The van der Waals surface area contributed by atoms with Gasteiger partial charge >= 0.3 is 0 Å². The summed E-state index contributed by atoms with van der Waals surface area (Å²) in [4.78, 5) is 13.7. The van der Waals surface area contributed by atoms with Gasteiger partial charge in [-0.1, -0.05) is 56.3 Å². The highest BCUT2D eigenvalue weighted by Crippen LogP contribution is 2.12. The van der Waals surface area contributed by atoms with Crippen LogP contribution in [0.4, 0.5) is 0 Å². The van der Waals surface area contributed by atoms with Gasteiger partial charge in [0.05, 0.1) is 6.54 Å². The number of hydrogen-bond acceptors (Lipinski definition) is 5. The van der Waals surface area contributed by atoms with Crippen LogP contribution in [0.15, 0.2) is 59.7 Å². The number of nitrogens with one attached hydrogen (secondary N) is 1. The Labute approximate surface area is 164 Å². The van der Waals surface area contributed by atoms with E-state index in [0.717, 1.165) is 24.0 Å². The van der Waals surface area contributed by atoms with Crippen LogP contribution >= 0.6 is 0 Å². The number of hydrazone groups is 1. The zero-order valence-corrected chi connectivity index (χ0v) is 16.1. The Morgan fingerprint density at radius 3 is 2.50 bits per heavy atom. The zero-order chi connectivity index (χ0) is 19.8. The molecular weight excluding hydrogens is 352 g/mol. The molecule has 3 rings (SSSR count). The number of amides is 1. The topological polar surface area (TPSA) is 85.1 Å². The first kappa shape index (κ1) is 19.4. The van der Waals surface area contributed by atoms with Crippen LogP contribution in [-0.2, 0) is 6.54 Å². The van der Waals surface area contributed by atoms with Crippen LogP contribution < -0.4 is 5.43 Å². The minimum Gasteiger partial charge on any atom is -0.267 e. The van der Waals surface area contributed by atoms with Crippen LogP contribution in [-0.4, -0.2) is 32.3 Å². The Balaban J connectivity index is 1.59. The van der Waals surface area contributed by atoms with Crippen molar-refractivity contribution >= 4 is 12.1 Å². The van der Waals surface area contributed by atoms with Crippen molar-refractivity contribution in [1.82, 2.24) is 25.6 Å². The molecule has 0 saturated carbocycles. The average molecular weight is 376 g/mol. The highest BCUT2D eigenvalue weighted by Gasteiger charge is 2.08. The van der Waals surface area contributed by atoms with Crippen molar-refractivity contribution in [2.45, 2.75) is 33.2 Å². The van der Waals surface area contributed by atoms with E-state index in [9.17, 15) is 4.79 Å². The minimum absolute atomic E-state index is 0.223. The molecule has 1 amide bonds. The Morgan fingerprint density at radius 1 is 1.11 bits per heavy atom. The number of aromatic nitrogens is 4. The van der Waals surface area contributed by atoms with Crippen molar-refractivity contribution in [3.8, 4) is 11.4 Å². The van der Waals surface area contributed by atoms with Gasteiger partial charge in [0, 0.05) is 17.3 Å². The van der Waals surface area contributed by atoms with Gasteiger partial charge in [-0.2, -0.15) is 9.90 Å². The Morgan fingerprint density at radius 2 is 1.82 bits per heavy atom. The molecule has 144 valence electrons. The van der Waals surface area contributed by atoms with Gasteiger partial charge in [-0.05, 0) is 41.7 Å². The van der Waals surface area contributed by atoms with Crippen LogP contribution in [0.3, 0.4) is 0 Å². The molecule has 28 heavy (non-hydrogen) atoms. The summed E-state index contributed by atoms with van der Waals surface area (Å²) in [5, 5.41) is 16.6. The lowest BCUT2D eigenvalue weighted by atomic mass is 10.1. The summed E-state index contributed by atoms with van der Waals surface area (Å²) in [5.41, 5.74) is 5.04. The summed E-state index contributed by atoms with van der Waals surface area (Å²) in [6, 6.07) is 17.0. The summed E-state index contributed by atoms with van der Waals surface area (Å²) in [5.74, 6) is 0.754. The van der Waals surface area contributed by atoms with Gasteiger partial charge in [0.1, 0.15) is 0 Å². The smallest absolute Gasteiger partial charge is 0.267 e. The molecule has 1 N–H and O–H groups in total. The predicted octanol–water partition coefficient (Wildman–Crippen LogP) is 3.54. The van der Waals surface area contributed by atoms with E-state index in [-0.39, 0.29) is 5.91 Å². The molecule has 7 nitrogen and oxygen atoms in total. The number of rotatable bonds is 8. The highest BCUT2D eigenvalue weighted by atomic mass is 16.2. The summed E-state index contributed by atoms with van der Waals surface area (Å²) in [7, 11) is 0. The SMILES string of the molecule is CCC(/C=N\NC(=O)c1ccc(Cn2nnc(-c3ccccc3)n2)cc1)CC. The quantitative estimate of drug-likeness (QED) is 0.481. The third-order valence-electron chi connectivity index (χ3n) is 4.53.